The highest BCUT2D eigenvalue weighted by atomic mass is 35.5. The predicted molar refractivity (Wildman–Crippen MR) is 303 cm³/mol. The van der Waals surface area contributed by atoms with Crippen LogP contribution in [0.5, 0.6) is 0 Å². The van der Waals surface area contributed by atoms with Crippen LogP contribution in [-0.2, 0) is 31.9 Å². The number of nitrogens with zero attached hydrogens (tertiary/aromatic N) is 3. The first kappa shape index (κ1) is 60.5. The molecule has 8 rings (SSSR count). The fourth-order valence-electron chi connectivity index (χ4n) is 12.3. The van der Waals surface area contributed by atoms with Gasteiger partial charge in [0.25, 0.3) is 0 Å². The van der Waals surface area contributed by atoms with Crippen molar-refractivity contribution in [1.82, 2.24) is 20.0 Å². The van der Waals surface area contributed by atoms with Crippen LogP contribution in [0, 0.1) is 49.4 Å². The van der Waals surface area contributed by atoms with Gasteiger partial charge in [0.05, 0.1) is 12.0 Å². The van der Waals surface area contributed by atoms with Crippen molar-refractivity contribution in [3.63, 3.8) is 0 Å². The predicted octanol–water partition coefficient (Wildman–Crippen LogP) is 13.5. The zero-order valence-electron chi connectivity index (χ0n) is 48.0. The van der Waals surface area contributed by atoms with E-state index in [0.29, 0.717) is 55.6 Å². The van der Waals surface area contributed by atoms with Gasteiger partial charge in [-0.3, -0.25) is 9.59 Å². The lowest BCUT2D eigenvalue weighted by Gasteiger charge is -2.41. The molecule has 0 radical (unpaired) electrons. The number of benzene rings is 2. The molecule has 2 aliphatic heterocycles. The van der Waals surface area contributed by atoms with E-state index in [-0.39, 0.29) is 42.5 Å². The second-order valence-electron chi connectivity index (χ2n) is 25.5. The Morgan fingerprint density at radius 2 is 1.11 bits per heavy atom. The zero-order valence-corrected chi connectivity index (χ0v) is 48.8. The number of aryl methyl sites for hydroxylation is 2. The summed E-state index contributed by atoms with van der Waals surface area (Å²) in [6, 6.07) is 14.7. The van der Waals surface area contributed by atoms with Gasteiger partial charge in [0.15, 0.2) is 0 Å². The largest absolute Gasteiger partial charge is 0.481 e. The summed E-state index contributed by atoms with van der Waals surface area (Å²) in [5.74, 6) is 1.69. The van der Waals surface area contributed by atoms with E-state index in [0.717, 1.165) is 76.8 Å². The van der Waals surface area contributed by atoms with Gasteiger partial charge in [0.2, 0.25) is 5.91 Å². The Morgan fingerprint density at radius 3 is 1.55 bits per heavy atom. The Morgan fingerprint density at radius 1 is 0.662 bits per heavy atom. The Hall–Kier alpha value is -4.35. The molecule has 412 valence electrons. The van der Waals surface area contributed by atoms with Gasteiger partial charge in [-0.05, 0) is 220 Å². The van der Waals surface area contributed by atoms with Crippen LogP contribution < -0.4 is 5.32 Å². The van der Waals surface area contributed by atoms with Crippen molar-refractivity contribution in [1.29, 1.82) is 0 Å². The maximum absolute atomic E-state index is 13.9. The second kappa shape index (κ2) is 26.1. The highest BCUT2D eigenvalue weighted by Gasteiger charge is 2.40. The van der Waals surface area contributed by atoms with Gasteiger partial charge in [0, 0.05) is 45.7 Å². The van der Waals surface area contributed by atoms with Gasteiger partial charge in [-0.1, -0.05) is 75.2 Å². The molecule has 2 N–H and O–H groups in total. The van der Waals surface area contributed by atoms with Gasteiger partial charge in [-0.15, -0.1) is 12.4 Å². The first-order valence-corrected chi connectivity index (χ1v) is 28.0. The van der Waals surface area contributed by atoms with Crippen LogP contribution in [0.15, 0.2) is 47.5 Å². The number of hydrogen-bond acceptors (Lipinski definition) is 7. The molecule has 2 saturated carbocycles. The van der Waals surface area contributed by atoms with Crippen molar-refractivity contribution in [3.05, 3.63) is 80.9 Å². The van der Waals surface area contributed by atoms with E-state index < -0.39 is 17.2 Å². The molecule has 3 amide bonds. The van der Waals surface area contributed by atoms with Crippen LogP contribution >= 0.6 is 12.4 Å². The summed E-state index contributed by atoms with van der Waals surface area (Å²) in [5, 5.41) is 12.7. The lowest BCUT2D eigenvalue weighted by atomic mass is 9.80. The minimum atomic E-state index is -0.695. The third-order valence-corrected chi connectivity index (χ3v) is 15.8. The molecule has 0 bridgehead atoms. The number of carbonyl (C=O) groups is 4. The van der Waals surface area contributed by atoms with E-state index in [9.17, 15) is 19.2 Å². The molecular formula is C62H95ClN4O7. The van der Waals surface area contributed by atoms with Crippen LogP contribution in [0.25, 0.3) is 11.1 Å². The molecule has 4 aliphatic carbocycles. The first-order chi connectivity index (χ1) is 34.3. The molecule has 0 saturated heterocycles. The summed E-state index contributed by atoms with van der Waals surface area (Å²) in [4.78, 5) is 54.5. The molecule has 2 atom stereocenters. The standard InChI is InChI=1S/C31H46N2O3.C17H23N.C14H25NO4.ClH/c1-20(2)16-28-27-18-24-17-21(3)8-13-25(24)26(27)14-15-33(28)29(34)23-11-9-22(10-12-23)19-32(7)30(35)36-31(4,5)6;1-11(2)8-17-16-10-13-9-12(3)4-5-14(13)15(16)6-7-18-17;1-14(2,3)19-13(18)15(4)9-10-5-7-11(8-6-10)12(16)17;/h8,13,17,20,22-23,28H,9-12,14-16,18-19H2,1-7H3;4-5,9,11,17-18H,6-8,10H2,1-3H3;10-11H,5-9H2,1-4H3,(H,16,17);1H. The summed E-state index contributed by atoms with van der Waals surface area (Å²) in [5.41, 5.74) is 14.0. The molecule has 2 unspecified atom stereocenters. The summed E-state index contributed by atoms with van der Waals surface area (Å²) in [6.07, 6.45) is 13.1. The fraction of sp³-hybridized carbons (Fsp3) is 0.677. The molecule has 6 aliphatic rings. The first-order valence-electron chi connectivity index (χ1n) is 28.0. The molecular weight excluding hydrogens is 948 g/mol. The van der Waals surface area contributed by atoms with Crippen LogP contribution in [-0.4, -0.2) is 107 Å². The average molecular weight is 1040 g/mol. The summed E-state index contributed by atoms with van der Waals surface area (Å²) >= 11 is 0. The van der Waals surface area contributed by atoms with Gasteiger partial charge >= 0.3 is 18.2 Å². The van der Waals surface area contributed by atoms with Crippen molar-refractivity contribution in [3.8, 4) is 0 Å². The molecule has 11 nitrogen and oxygen atoms in total. The van der Waals surface area contributed by atoms with Crippen molar-refractivity contribution >= 4 is 47.6 Å². The highest BCUT2D eigenvalue weighted by molar-refractivity contribution is 5.86. The van der Waals surface area contributed by atoms with Crippen LogP contribution in [0.4, 0.5) is 9.59 Å². The van der Waals surface area contributed by atoms with Gasteiger partial charge < -0.3 is 34.6 Å². The highest BCUT2D eigenvalue weighted by Crippen LogP contribution is 2.44. The number of carboxylic acid groups (broad SMARTS) is 1. The minimum Gasteiger partial charge on any atom is -0.481 e. The number of ether oxygens (including phenoxy) is 2. The molecule has 2 fully saturated rings. The minimum absolute atomic E-state index is 0. The van der Waals surface area contributed by atoms with Crippen LogP contribution in [0.2, 0.25) is 0 Å². The maximum Gasteiger partial charge on any atom is 0.410 e. The normalized spacial score (nSPS) is 23.2. The molecule has 12 heteroatoms. The summed E-state index contributed by atoms with van der Waals surface area (Å²) < 4.78 is 10.8. The lowest BCUT2D eigenvalue weighted by molar-refractivity contribution is -0.143. The van der Waals surface area contributed by atoms with Crippen molar-refractivity contribution in [2.45, 2.75) is 196 Å². The molecule has 0 spiro atoms. The average Bonchev–Trinajstić information content (AvgIpc) is 3.86. The number of amides is 3. The number of aliphatic carboxylic acids is 1. The number of halogens is 1. The summed E-state index contributed by atoms with van der Waals surface area (Å²) in [6.45, 7) is 28.1. The number of rotatable bonds is 10. The van der Waals surface area contributed by atoms with Gasteiger partial charge in [0.1, 0.15) is 11.2 Å². The Bertz CT molecular complexity index is 2330. The van der Waals surface area contributed by atoms with E-state index in [1.54, 1.807) is 33.6 Å². The maximum atomic E-state index is 13.9. The zero-order chi connectivity index (χ0) is 53.5. The number of nitrogens with one attached hydrogen (secondary N) is 1. The van der Waals surface area contributed by atoms with E-state index in [2.05, 4.69) is 88.2 Å². The number of hydrogen-bond donors (Lipinski definition) is 2. The summed E-state index contributed by atoms with van der Waals surface area (Å²) in [7, 11) is 3.55. The SMILES string of the molecule is CN(CC1CCC(C(=O)O)CC1)C(=O)OC(C)(C)C.Cc1ccc2c(c1)CC1=C2CCN(C(=O)C2CCC(CN(C)C(=O)OC(C)(C)C)CC2)C1CC(C)C.Cc1ccc2c(c1)CC1=C2CCNC1CC(C)C.Cl. The number of fused-ring (bicyclic) bond motifs is 4. The molecule has 2 aromatic carbocycles. The Balaban J connectivity index is 0.000000225. The van der Waals surface area contributed by atoms with Crippen LogP contribution in [0.1, 0.15) is 180 Å². The molecule has 2 heterocycles. The molecule has 0 aromatic heterocycles. The van der Waals surface area contributed by atoms with E-state index in [4.69, 9.17) is 14.6 Å². The van der Waals surface area contributed by atoms with Crippen molar-refractivity contribution < 1.29 is 33.8 Å². The second-order valence-corrected chi connectivity index (χ2v) is 25.5. The van der Waals surface area contributed by atoms with E-state index in [1.165, 1.54) is 58.2 Å². The quantitative estimate of drug-likeness (QED) is 0.241. The third kappa shape index (κ3) is 16.6. The van der Waals surface area contributed by atoms with Gasteiger partial charge in [-0.2, -0.15) is 0 Å². The molecule has 2 aromatic rings. The Labute approximate surface area is 452 Å². The van der Waals surface area contributed by atoms with E-state index in [1.807, 2.05) is 48.6 Å². The number of carbonyl (C=O) groups excluding carboxylic acids is 3. The lowest BCUT2D eigenvalue weighted by Crippen LogP contribution is -2.48. The monoisotopic (exact) mass is 1040 g/mol. The third-order valence-electron chi connectivity index (χ3n) is 15.8. The van der Waals surface area contributed by atoms with Gasteiger partial charge in [-0.25, -0.2) is 9.59 Å². The van der Waals surface area contributed by atoms with Crippen molar-refractivity contribution in [2.75, 3.05) is 40.3 Å². The topological polar surface area (TPSA) is 129 Å². The van der Waals surface area contributed by atoms with E-state index >= 15 is 0 Å². The van der Waals surface area contributed by atoms with Crippen molar-refractivity contribution in [2.24, 2.45) is 35.5 Å². The number of carboxylic acids is 1. The molecule has 74 heavy (non-hydrogen) atoms. The van der Waals surface area contributed by atoms with Crippen LogP contribution in [0.3, 0.4) is 0 Å². The fourth-order valence-corrected chi connectivity index (χ4v) is 12.3. The Kier molecular flexibility index (Phi) is 21.4. The smallest absolute Gasteiger partial charge is 0.410 e.